The molecule has 0 aliphatic heterocycles. The molecule has 2 nitrogen and oxygen atoms in total. The number of benzene rings is 1. The van der Waals surface area contributed by atoms with Crippen molar-refractivity contribution in [3.05, 3.63) is 33.8 Å². The van der Waals surface area contributed by atoms with Crippen molar-refractivity contribution in [1.29, 1.82) is 5.26 Å². The molecule has 0 heterocycles. The Morgan fingerprint density at radius 3 is 2.57 bits per heavy atom. The number of halogens is 1. The van der Waals surface area contributed by atoms with Crippen LogP contribution in [0.5, 0.6) is 0 Å². The van der Waals surface area contributed by atoms with E-state index < -0.39 is 0 Å². The van der Waals surface area contributed by atoms with E-state index >= 15 is 0 Å². The maximum atomic E-state index is 8.84. The lowest BCUT2D eigenvalue weighted by molar-refractivity contribution is 0.514. The average molecular weight is 253 g/mol. The molecule has 14 heavy (non-hydrogen) atoms. The fourth-order valence-electron chi connectivity index (χ4n) is 1.22. The van der Waals surface area contributed by atoms with Crippen LogP contribution < -0.4 is 5.73 Å². The molecule has 0 radical (unpaired) electrons. The van der Waals surface area contributed by atoms with E-state index in [9.17, 15) is 0 Å². The van der Waals surface area contributed by atoms with E-state index in [2.05, 4.69) is 35.8 Å². The summed E-state index contributed by atoms with van der Waals surface area (Å²) >= 11 is 3.31. The quantitative estimate of drug-likeness (QED) is 0.880. The van der Waals surface area contributed by atoms with E-state index in [0.717, 1.165) is 10.0 Å². The number of hydrogen-bond acceptors (Lipinski definition) is 2. The Morgan fingerprint density at radius 1 is 1.43 bits per heavy atom. The van der Waals surface area contributed by atoms with Crippen LogP contribution in [0.15, 0.2) is 22.7 Å². The van der Waals surface area contributed by atoms with Crippen molar-refractivity contribution < 1.29 is 0 Å². The highest BCUT2D eigenvalue weighted by Gasteiger charge is 2.11. The first-order valence-corrected chi connectivity index (χ1v) is 5.30. The van der Waals surface area contributed by atoms with Gasteiger partial charge in [0.1, 0.15) is 6.07 Å². The summed E-state index contributed by atoms with van der Waals surface area (Å²) in [5.41, 5.74) is 7.64. The minimum absolute atomic E-state index is 0.00444. The molecule has 0 fully saturated rings. The molecule has 1 aromatic rings. The molecule has 0 unspecified atom stereocenters. The minimum atomic E-state index is -0.00444. The van der Waals surface area contributed by atoms with Crippen LogP contribution in [0, 0.1) is 17.2 Å². The molecule has 0 aliphatic rings. The average Bonchev–Trinajstić information content (AvgIpc) is 2.17. The van der Waals surface area contributed by atoms with E-state index in [-0.39, 0.29) is 6.04 Å². The molecule has 0 saturated carbocycles. The van der Waals surface area contributed by atoms with Crippen LogP contribution in [0.3, 0.4) is 0 Å². The number of rotatable bonds is 2. The van der Waals surface area contributed by atoms with E-state index in [1.807, 2.05) is 18.2 Å². The van der Waals surface area contributed by atoms with Gasteiger partial charge in [-0.2, -0.15) is 5.26 Å². The van der Waals surface area contributed by atoms with Gasteiger partial charge >= 0.3 is 0 Å². The summed E-state index contributed by atoms with van der Waals surface area (Å²) in [6, 6.07) is 7.79. The number of nitrogens with two attached hydrogens (primary N) is 1. The largest absolute Gasteiger partial charge is 0.324 e. The molecule has 1 atom stereocenters. The van der Waals surface area contributed by atoms with Gasteiger partial charge in [-0.1, -0.05) is 19.9 Å². The van der Waals surface area contributed by atoms with Crippen molar-refractivity contribution in [2.24, 2.45) is 11.7 Å². The fourth-order valence-corrected chi connectivity index (χ4v) is 1.56. The molecule has 1 rings (SSSR count). The number of hydrogen-bond donors (Lipinski definition) is 1. The van der Waals surface area contributed by atoms with Crippen molar-refractivity contribution in [3.63, 3.8) is 0 Å². The monoisotopic (exact) mass is 252 g/mol. The Balaban J connectivity index is 3.08. The lowest BCUT2D eigenvalue weighted by Crippen LogP contribution is -2.16. The fraction of sp³-hybridized carbons (Fsp3) is 0.364. The summed E-state index contributed by atoms with van der Waals surface area (Å²) in [6.45, 7) is 4.14. The first-order chi connectivity index (χ1) is 6.56. The topological polar surface area (TPSA) is 49.8 Å². The Hall–Kier alpha value is -0.850. The Kier molecular flexibility index (Phi) is 3.68. The van der Waals surface area contributed by atoms with Crippen LogP contribution in [0.1, 0.15) is 31.0 Å². The van der Waals surface area contributed by atoms with Gasteiger partial charge in [0, 0.05) is 10.5 Å². The molecule has 2 N–H and O–H groups in total. The first kappa shape index (κ1) is 11.2. The number of nitriles is 1. The van der Waals surface area contributed by atoms with Gasteiger partial charge in [-0.05, 0) is 39.5 Å². The molecule has 0 spiro atoms. The van der Waals surface area contributed by atoms with Gasteiger partial charge in [-0.3, -0.25) is 0 Å². The van der Waals surface area contributed by atoms with Gasteiger partial charge in [0.25, 0.3) is 0 Å². The zero-order valence-electron chi connectivity index (χ0n) is 8.29. The van der Waals surface area contributed by atoms with Crippen LogP contribution >= 0.6 is 15.9 Å². The highest BCUT2D eigenvalue weighted by Crippen LogP contribution is 2.23. The van der Waals surface area contributed by atoms with Crippen LogP contribution in [-0.4, -0.2) is 0 Å². The van der Waals surface area contributed by atoms with Crippen LogP contribution in [0.2, 0.25) is 0 Å². The standard InChI is InChI=1S/C11H13BrN2/c1-7(2)11(14)8-3-4-10(12)9(5-8)6-13/h3-5,7,11H,14H2,1-2H3/t11-/m0/s1. The van der Waals surface area contributed by atoms with E-state index in [1.165, 1.54) is 0 Å². The Labute approximate surface area is 92.9 Å². The van der Waals surface area contributed by atoms with Crippen LogP contribution in [0.25, 0.3) is 0 Å². The van der Waals surface area contributed by atoms with Gasteiger partial charge in [0.05, 0.1) is 5.56 Å². The van der Waals surface area contributed by atoms with E-state index in [0.29, 0.717) is 11.5 Å². The molecule has 0 aliphatic carbocycles. The summed E-state index contributed by atoms with van der Waals surface area (Å²) in [6.07, 6.45) is 0. The second-order valence-corrected chi connectivity index (χ2v) is 4.48. The maximum Gasteiger partial charge on any atom is 0.100 e. The third kappa shape index (κ3) is 2.34. The highest BCUT2D eigenvalue weighted by atomic mass is 79.9. The predicted octanol–water partition coefficient (Wildman–Crippen LogP) is 2.98. The maximum absolute atomic E-state index is 8.84. The van der Waals surface area contributed by atoms with Crippen molar-refractivity contribution in [2.45, 2.75) is 19.9 Å². The smallest absolute Gasteiger partial charge is 0.100 e. The molecule has 1 aromatic carbocycles. The van der Waals surface area contributed by atoms with Gasteiger partial charge in [-0.25, -0.2) is 0 Å². The molecular weight excluding hydrogens is 240 g/mol. The lowest BCUT2D eigenvalue weighted by atomic mass is 9.96. The zero-order chi connectivity index (χ0) is 10.7. The molecule has 0 aromatic heterocycles. The number of nitrogens with zero attached hydrogens (tertiary/aromatic N) is 1. The molecule has 3 heteroatoms. The third-order valence-electron chi connectivity index (χ3n) is 2.21. The van der Waals surface area contributed by atoms with Gasteiger partial charge in [0.15, 0.2) is 0 Å². The summed E-state index contributed by atoms with van der Waals surface area (Å²) in [5.74, 6) is 0.378. The van der Waals surface area contributed by atoms with Crippen molar-refractivity contribution in [1.82, 2.24) is 0 Å². The summed E-state index contributed by atoms with van der Waals surface area (Å²) in [7, 11) is 0. The molecule has 0 saturated heterocycles. The second-order valence-electron chi connectivity index (χ2n) is 3.62. The van der Waals surface area contributed by atoms with Gasteiger partial charge in [-0.15, -0.1) is 0 Å². The molecule has 0 amide bonds. The summed E-state index contributed by atoms with van der Waals surface area (Å²) in [5, 5.41) is 8.84. The van der Waals surface area contributed by atoms with Crippen molar-refractivity contribution in [3.8, 4) is 6.07 Å². The van der Waals surface area contributed by atoms with Gasteiger partial charge < -0.3 is 5.73 Å². The van der Waals surface area contributed by atoms with Crippen LogP contribution in [-0.2, 0) is 0 Å². The molecular formula is C11H13BrN2. The first-order valence-electron chi connectivity index (χ1n) is 4.51. The summed E-state index contributed by atoms with van der Waals surface area (Å²) < 4.78 is 0.819. The van der Waals surface area contributed by atoms with Gasteiger partial charge in [0.2, 0.25) is 0 Å². The van der Waals surface area contributed by atoms with E-state index in [4.69, 9.17) is 11.0 Å². The molecule has 0 bridgehead atoms. The second kappa shape index (κ2) is 4.59. The Morgan fingerprint density at radius 2 is 2.07 bits per heavy atom. The normalized spacial score (nSPS) is 12.6. The SMILES string of the molecule is CC(C)[C@H](N)c1ccc(Br)c(C#N)c1. The van der Waals surface area contributed by atoms with Crippen molar-refractivity contribution in [2.75, 3.05) is 0 Å². The Bertz CT molecular complexity index is 366. The van der Waals surface area contributed by atoms with Crippen LogP contribution in [0.4, 0.5) is 0 Å². The summed E-state index contributed by atoms with van der Waals surface area (Å²) in [4.78, 5) is 0. The zero-order valence-corrected chi connectivity index (χ0v) is 9.88. The lowest BCUT2D eigenvalue weighted by Gasteiger charge is -2.16. The molecule has 74 valence electrons. The minimum Gasteiger partial charge on any atom is -0.324 e. The highest BCUT2D eigenvalue weighted by molar-refractivity contribution is 9.10. The van der Waals surface area contributed by atoms with Crippen molar-refractivity contribution >= 4 is 15.9 Å². The van der Waals surface area contributed by atoms with E-state index in [1.54, 1.807) is 0 Å². The predicted molar refractivity (Wildman–Crippen MR) is 60.6 cm³/mol. The third-order valence-corrected chi connectivity index (χ3v) is 2.91.